The van der Waals surface area contributed by atoms with E-state index < -0.39 is 11.8 Å². The van der Waals surface area contributed by atoms with Crippen LogP contribution in [-0.2, 0) is 0 Å². The van der Waals surface area contributed by atoms with Crippen LogP contribution in [-0.4, -0.2) is 44.8 Å². The highest BCUT2D eigenvalue weighted by Gasteiger charge is 2.50. The van der Waals surface area contributed by atoms with Gasteiger partial charge in [-0.15, -0.1) is 10.2 Å². The molecule has 162 valence electrons. The van der Waals surface area contributed by atoms with Crippen molar-refractivity contribution in [2.45, 2.75) is 38.2 Å². The number of aromatic nitrogens is 4. The summed E-state index contributed by atoms with van der Waals surface area (Å²) in [7, 11) is 0. The minimum atomic E-state index is -2.44. The van der Waals surface area contributed by atoms with E-state index in [2.05, 4.69) is 32.0 Å². The molecule has 1 aromatic carbocycles. The van der Waals surface area contributed by atoms with Gasteiger partial charge >= 0.3 is 0 Å². The van der Waals surface area contributed by atoms with Crippen molar-refractivity contribution in [3.8, 4) is 11.8 Å². The van der Waals surface area contributed by atoms with Crippen molar-refractivity contribution in [1.29, 1.82) is 0 Å². The Balaban J connectivity index is 1.42. The zero-order valence-corrected chi connectivity index (χ0v) is 17.0. The van der Waals surface area contributed by atoms with Gasteiger partial charge in [0.05, 0.1) is 22.4 Å². The number of piperidine rings is 1. The SMILES string of the molecule is Fc1cccc2c1c(N1CCCC3C(C#CC4(C(F)F)CC4)=CN=CC31)nc1nncn12. The summed E-state index contributed by atoms with van der Waals surface area (Å²) >= 11 is 0. The summed E-state index contributed by atoms with van der Waals surface area (Å²) in [6, 6.07) is 4.68. The Labute approximate surface area is 181 Å². The zero-order valence-electron chi connectivity index (χ0n) is 17.0. The maximum atomic E-state index is 15.0. The Morgan fingerprint density at radius 3 is 2.91 bits per heavy atom. The second-order valence-corrected chi connectivity index (χ2v) is 8.59. The highest BCUT2D eigenvalue weighted by Crippen LogP contribution is 2.50. The molecule has 2 unspecified atom stereocenters. The molecule has 6 rings (SSSR count). The van der Waals surface area contributed by atoms with Gasteiger partial charge in [0, 0.05) is 30.5 Å². The third-order valence-corrected chi connectivity index (χ3v) is 6.68. The molecule has 32 heavy (non-hydrogen) atoms. The summed E-state index contributed by atoms with van der Waals surface area (Å²) in [5.74, 6) is 6.33. The van der Waals surface area contributed by atoms with Crippen LogP contribution in [0.2, 0.25) is 0 Å². The summed E-state index contributed by atoms with van der Waals surface area (Å²) in [5, 5.41) is 8.38. The van der Waals surface area contributed by atoms with Crippen molar-refractivity contribution >= 4 is 28.7 Å². The Morgan fingerprint density at radius 1 is 1.22 bits per heavy atom. The van der Waals surface area contributed by atoms with Gasteiger partial charge in [0.15, 0.2) is 0 Å². The third-order valence-electron chi connectivity index (χ3n) is 6.68. The molecule has 2 atom stereocenters. The first-order valence-corrected chi connectivity index (χ1v) is 10.7. The van der Waals surface area contributed by atoms with Crippen LogP contribution in [0.3, 0.4) is 0 Å². The number of hydrogen-bond acceptors (Lipinski definition) is 5. The second kappa shape index (κ2) is 7.05. The number of rotatable bonds is 2. The van der Waals surface area contributed by atoms with E-state index in [4.69, 9.17) is 0 Å². The highest BCUT2D eigenvalue weighted by atomic mass is 19.3. The molecule has 6 nitrogen and oxygen atoms in total. The quantitative estimate of drug-likeness (QED) is 0.570. The fourth-order valence-electron chi connectivity index (χ4n) is 4.72. The topological polar surface area (TPSA) is 58.7 Å². The fraction of sp³-hybridized carbons (Fsp3) is 0.391. The zero-order chi connectivity index (χ0) is 21.9. The minimum Gasteiger partial charge on any atom is -0.347 e. The van der Waals surface area contributed by atoms with Gasteiger partial charge < -0.3 is 4.90 Å². The van der Waals surface area contributed by atoms with Crippen molar-refractivity contribution in [3.05, 3.63) is 42.1 Å². The lowest BCUT2D eigenvalue weighted by atomic mass is 9.82. The van der Waals surface area contributed by atoms with E-state index in [0.29, 0.717) is 41.9 Å². The van der Waals surface area contributed by atoms with Crippen molar-refractivity contribution in [1.82, 2.24) is 19.6 Å². The van der Waals surface area contributed by atoms with Gasteiger partial charge in [-0.2, -0.15) is 4.98 Å². The maximum Gasteiger partial charge on any atom is 0.257 e. The molecule has 1 saturated carbocycles. The van der Waals surface area contributed by atoms with Gasteiger partial charge in [0.1, 0.15) is 18.0 Å². The molecule has 0 radical (unpaired) electrons. The number of nitrogens with zero attached hydrogens (tertiary/aromatic N) is 6. The van der Waals surface area contributed by atoms with Crippen LogP contribution in [0.25, 0.3) is 16.7 Å². The van der Waals surface area contributed by atoms with E-state index in [1.165, 1.54) is 12.4 Å². The van der Waals surface area contributed by atoms with Crippen LogP contribution in [0, 0.1) is 29.0 Å². The van der Waals surface area contributed by atoms with Crippen LogP contribution in [0.5, 0.6) is 0 Å². The lowest BCUT2D eigenvalue weighted by Gasteiger charge is -2.41. The number of benzene rings is 1. The standard InChI is InChI=1S/C23H19F3N6/c24-16-4-1-5-17-19(16)20(29-22-30-28-13-32(17)22)31-10-2-3-15-14(11-27-12-18(15)31)6-7-23(8-9-23)21(25)26/h1,4-5,11-13,15,18,21H,2-3,8-10H2. The molecule has 2 fully saturated rings. The molecule has 2 aliphatic heterocycles. The molecule has 9 heteroatoms. The number of anilines is 1. The molecule has 3 aromatic rings. The van der Waals surface area contributed by atoms with Crippen molar-refractivity contribution in [3.63, 3.8) is 0 Å². The fourth-order valence-corrected chi connectivity index (χ4v) is 4.72. The molecular weight excluding hydrogens is 417 g/mol. The molecular formula is C23H19F3N6. The predicted octanol–water partition coefficient (Wildman–Crippen LogP) is 4.02. The van der Waals surface area contributed by atoms with Crippen LogP contribution in [0.1, 0.15) is 25.7 Å². The lowest BCUT2D eigenvalue weighted by molar-refractivity contribution is 0.0921. The number of halogens is 3. The molecule has 2 aromatic heterocycles. The van der Waals surface area contributed by atoms with Crippen molar-refractivity contribution in [2.24, 2.45) is 16.3 Å². The van der Waals surface area contributed by atoms with E-state index in [1.807, 2.05) is 17.2 Å². The molecule has 4 heterocycles. The average molecular weight is 436 g/mol. The molecule has 3 aliphatic rings. The molecule has 0 amide bonds. The Morgan fingerprint density at radius 2 is 2.09 bits per heavy atom. The van der Waals surface area contributed by atoms with Gasteiger partial charge in [-0.3, -0.25) is 9.39 Å². The normalized spacial score (nSPS) is 23.8. The molecule has 1 saturated heterocycles. The largest absolute Gasteiger partial charge is 0.347 e. The Bertz CT molecular complexity index is 1340. The van der Waals surface area contributed by atoms with Gasteiger partial charge in [-0.05, 0) is 37.8 Å². The summed E-state index contributed by atoms with van der Waals surface area (Å²) in [4.78, 5) is 11.0. The van der Waals surface area contributed by atoms with E-state index in [9.17, 15) is 8.78 Å². The number of aliphatic imine (C=N–C) groups is 1. The van der Waals surface area contributed by atoms with Crippen LogP contribution in [0.4, 0.5) is 19.0 Å². The minimum absolute atomic E-state index is 0.0139. The third kappa shape index (κ3) is 2.89. The van der Waals surface area contributed by atoms with Gasteiger partial charge in [0.2, 0.25) is 0 Å². The first-order valence-electron chi connectivity index (χ1n) is 10.7. The summed E-state index contributed by atoms with van der Waals surface area (Å²) in [6.07, 6.45) is 5.12. The first kappa shape index (κ1) is 19.3. The maximum absolute atomic E-state index is 15.0. The van der Waals surface area contributed by atoms with Crippen LogP contribution < -0.4 is 4.90 Å². The van der Waals surface area contributed by atoms with Gasteiger partial charge in [0.25, 0.3) is 12.2 Å². The van der Waals surface area contributed by atoms with Crippen molar-refractivity contribution in [2.75, 3.05) is 11.4 Å². The number of hydrogen-bond donors (Lipinski definition) is 0. The molecule has 0 N–H and O–H groups in total. The smallest absolute Gasteiger partial charge is 0.257 e. The monoisotopic (exact) mass is 436 g/mol. The van der Waals surface area contributed by atoms with Crippen LogP contribution >= 0.6 is 0 Å². The first-order chi connectivity index (χ1) is 15.6. The average Bonchev–Trinajstić information content (AvgIpc) is 3.45. The second-order valence-electron chi connectivity index (χ2n) is 8.59. The van der Waals surface area contributed by atoms with E-state index in [-0.39, 0.29) is 17.8 Å². The van der Waals surface area contributed by atoms with E-state index >= 15 is 4.39 Å². The van der Waals surface area contributed by atoms with E-state index in [0.717, 1.165) is 18.4 Å². The summed E-state index contributed by atoms with van der Waals surface area (Å²) in [6.45, 7) is 0.662. The van der Waals surface area contributed by atoms with Crippen LogP contribution in [0.15, 0.2) is 41.3 Å². The lowest BCUT2D eigenvalue weighted by Crippen LogP contribution is -2.48. The highest BCUT2D eigenvalue weighted by molar-refractivity contribution is 5.93. The molecule has 1 aliphatic carbocycles. The summed E-state index contributed by atoms with van der Waals surface area (Å²) < 4.78 is 43.3. The predicted molar refractivity (Wildman–Crippen MR) is 114 cm³/mol. The number of alkyl halides is 2. The number of fused-ring (bicyclic) bond motifs is 4. The molecule has 0 bridgehead atoms. The van der Waals surface area contributed by atoms with Gasteiger partial charge in [-0.25, -0.2) is 13.2 Å². The Kier molecular flexibility index (Phi) is 4.25. The van der Waals surface area contributed by atoms with E-state index in [1.54, 1.807) is 16.7 Å². The Hall–Kier alpha value is -3.41. The molecule has 0 spiro atoms. The van der Waals surface area contributed by atoms with Gasteiger partial charge in [-0.1, -0.05) is 17.9 Å². The summed E-state index contributed by atoms with van der Waals surface area (Å²) in [5.41, 5.74) is 0.223. The van der Waals surface area contributed by atoms with Crippen molar-refractivity contribution < 1.29 is 13.2 Å².